The molecular weight excluding hydrogens is 356 g/mol. The molecule has 1 aliphatic rings. The number of rotatable bonds is 10. The van der Waals surface area contributed by atoms with Crippen LogP contribution in [0.3, 0.4) is 0 Å². The third kappa shape index (κ3) is 4.87. The summed E-state index contributed by atoms with van der Waals surface area (Å²) in [4.78, 5) is 0. The Morgan fingerprint density at radius 1 is 1.04 bits per heavy atom. The molecule has 0 bridgehead atoms. The quantitative estimate of drug-likeness (QED) is 0.636. The number of aliphatic hydroxyl groups is 1. The fraction of sp³-hybridized carbons (Fsp3) is 0.391. The number of ether oxygens (including phenoxy) is 4. The van der Waals surface area contributed by atoms with Crippen LogP contribution in [0.5, 0.6) is 0 Å². The van der Waals surface area contributed by atoms with Gasteiger partial charge in [0.25, 0.3) is 0 Å². The highest BCUT2D eigenvalue weighted by Crippen LogP contribution is 2.38. The van der Waals surface area contributed by atoms with Gasteiger partial charge in [-0.2, -0.15) is 0 Å². The molecule has 0 aliphatic carbocycles. The van der Waals surface area contributed by atoms with Crippen molar-refractivity contribution in [3.05, 3.63) is 84.4 Å². The molecule has 2 aromatic carbocycles. The topological polar surface area (TPSA) is 57.2 Å². The van der Waals surface area contributed by atoms with Crippen LogP contribution in [0.2, 0.25) is 0 Å². The average Bonchev–Trinajstić information content (AvgIpc) is 2.99. The Morgan fingerprint density at radius 2 is 1.64 bits per heavy atom. The van der Waals surface area contributed by atoms with Crippen LogP contribution < -0.4 is 0 Å². The van der Waals surface area contributed by atoms with E-state index in [0.29, 0.717) is 19.6 Å². The Labute approximate surface area is 166 Å². The summed E-state index contributed by atoms with van der Waals surface area (Å²) in [6, 6.07) is 19.8. The first kappa shape index (κ1) is 20.7. The largest absolute Gasteiger partial charge is 0.385 e. The summed E-state index contributed by atoms with van der Waals surface area (Å²) in [5, 5.41) is 10.7. The first-order valence-electron chi connectivity index (χ1n) is 9.45. The van der Waals surface area contributed by atoms with Crippen LogP contribution in [0.25, 0.3) is 0 Å². The van der Waals surface area contributed by atoms with Gasteiger partial charge in [0.15, 0.2) is 6.29 Å². The van der Waals surface area contributed by atoms with Gasteiger partial charge in [0.1, 0.15) is 17.8 Å². The molecule has 28 heavy (non-hydrogen) atoms. The van der Waals surface area contributed by atoms with E-state index in [2.05, 4.69) is 6.58 Å². The van der Waals surface area contributed by atoms with Crippen LogP contribution >= 0.6 is 0 Å². The number of hydrogen-bond acceptors (Lipinski definition) is 5. The minimum atomic E-state index is -0.922. The summed E-state index contributed by atoms with van der Waals surface area (Å²) in [5.41, 5.74) is 1.22. The van der Waals surface area contributed by atoms with Gasteiger partial charge in [-0.25, -0.2) is 0 Å². The second-order valence-corrected chi connectivity index (χ2v) is 6.97. The lowest BCUT2D eigenvalue weighted by Gasteiger charge is -2.33. The van der Waals surface area contributed by atoms with Crippen LogP contribution in [0, 0.1) is 0 Å². The van der Waals surface area contributed by atoms with Crippen molar-refractivity contribution in [3.63, 3.8) is 0 Å². The zero-order valence-electron chi connectivity index (χ0n) is 16.2. The summed E-state index contributed by atoms with van der Waals surface area (Å²) in [6.07, 6.45) is -0.0744. The van der Waals surface area contributed by atoms with Gasteiger partial charge in [0.05, 0.1) is 19.8 Å². The normalized spacial score (nSPS) is 27.0. The zero-order valence-corrected chi connectivity index (χ0v) is 16.2. The standard InChI is InChI=1S/C23H28O5/c1-3-14-23(17-26-15-18-10-6-4-7-11-18)21(20(24)22(25-2)28-23)27-16-19-12-8-5-9-13-19/h3-13,20-22,24H,1,14-17H2,2H3/t20-,21+,22?,23-/m1/s1. The molecule has 1 unspecified atom stereocenters. The Balaban J connectivity index is 1.72. The molecule has 0 spiro atoms. The molecule has 0 radical (unpaired) electrons. The average molecular weight is 384 g/mol. The lowest BCUT2D eigenvalue weighted by atomic mass is 9.92. The van der Waals surface area contributed by atoms with E-state index in [-0.39, 0.29) is 6.61 Å². The van der Waals surface area contributed by atoms with E-state index in [1.807, 2.05) is 60.7 Å². The maximum Gasteiger partial charge on any atom is 0.186 e. The van der Waals surface area contributed by atoms with Crippen molar-refractivity contribution in [2.24, 2.45) is 0 Å². The van der Waals surface area contributed by atoms with Gasteiger partial charge in [-0.3, -0.25) is 0 Å². The molecule has 5 heteroatoms. The van der Waals surface area contributed by atoms with E-state index in [9.17, 15) is 5.11 Å². The molecule has 0 saturated carbocycles. The number of aliphatic hydroxyl groups excluding tert-OH is 1. The molecule has 1 saturated heterocycles. The molecule has 1 aliphatic heterocycles. The zero-order chi connectivity index (χ0) is 19.8. The lowest BCUT2D eigenvalue weighted by Crippen LogP contribution is -2.48. The lowest BCUT2D eigenvalue weighted by molar-refractivity contribution is -0.196. The molecular formula is C23H28O5. The van der Waals surface area contributed by atoms with Crippen LogP contribution in [0.1, 0.15) is 17.5 Å². The van der Waals surface area contributed by atoms with E-state index in [1.54, 1.807) is 6.08 Å². The maximum absolute atomic E-state index is 10.7. The van der Waals surface area contributed by atoms with Crippen molar-refractivity contribution in [1.29, 1.82) is 0 Å². The Morgan fingerprint density at radius 3 is 2.21 bits per heavy atom. The number of benzene rings is 2. The summed E-state index contributed by atoms with van der Waals surface area (Å²) in [7, 11) is 1.51. The highest BCUT2D eigenvalue weighted by molar-refractivity contribution is 5.15. The second kappa shape index (κ2) is 9.96. The van der Waals surface area contributed by atoms with Gasteiger partial charge < -0.3 is 24.1 Å². The van der Waals surface area contributed by atoms with E-state index in [0.717, 1.165) is 11.1 Å². The minimum absolute atomic E-state index is 0.254. The van der Waals surface area contributed by atoms with Crippen molar-refractivity contribution < 1.29 is 24.1 Å². The number of hydrogen-bond donors (Lipinski definition) is 1. The molecule has 0 amide bonds. The molecule has 3 rings (SSSR count). The van der Waals surface area contributed by atoms with Gasteiger partial charge in [0.2, 0.25) is 0 Å². The van der Waals surface area contributed by atoms with Crippen molar-refractivity contribution in [1.82, 2.24) is 0 Å². The fourth-order valence-corrected chi connectivity index (χ4v) is 3.52. The van der Waals surface area contributed by atoms with E-state index in [4.69, 9.17) is 18.9 Å². The Hall–Kier alpha value is -2.02. The summed E-state index contributed by atoms with van der Waals surface area (Å²) < 4.78 is 23.5. The highest BCUT2D eigenvalue weighted by atomic mass is 16.7. The second-order valence-electron chi connectivity index (χ2n) is 6.97. The van der Waals surface area contributed by atoms with E-state index >= 15 is 0 Å². The number of methoxy groups -OCH3 is 1. The molecule has 1 fully saturated rings. The molecule has 4 atom stereocenters. The first-order chi connectivity index (χ1) is 13.7. The predicted molar refractivity (Wildman–Crippen MR) is 107 cm³/mol. The molecule has 1 heterocycles. The van der Waals surface area contributed by atoms with E-state index < -0.39 is 24.1 Å². The Kier molecular flexibility index (Phi) is 7.36. The van der Waals surface area contributed by atoms with Gasteiger partial charge >= 0.3 is 0 Å². The van der Waals surface area contributed by atoms with Crippen molar-refractivity contribution in [2.45, 2.75) is 43.7 Å². The van der Waals surface area contributed by atoms with Crippen LogP contribution in [0.15, 0.2) is 73.3 Å². The maximum atomic E-state index is 10.7. The first-order valence-corrected chi connectivity index (χ1v) is 9.45. The molecule has 2 aromatic rings. The third-order valence-corrected chi connectivity index (χ3v) is 4.91. The van der Waals surface area contributed by atoms with Crippen LogP contribution in [0.4, 0.5) is 0 Å². The SMILES string of the molecule is C=CC[C@]1(COCc2ccccc2)OC(OC)[C@H](O)[C@@H]1OCc1ccccc1. The monoisotopic (exact) mass is 384 g/mol. The van der Waals surface area contributed by atoms with Crippen molar-refractivity contribution >= 4 is 0 Å². The summed E-state index contributed by atoms with van der Waals surface area (Å²) >= 11 is 0. The summed E-state index contributed by atoms with van der Waals surface area (Å²) in [5.74, 6) is 0. The van der Waals surface area contributed by atoms with Crippen LogP contribution in [-0.4, -0.2) is 42.9 Å². The molecule has 1 N–H and O–H groups in total. The fourth-order valence-electron chi connectivity index (χ4n) is 3.52. The smallest absolute Gasteiger partial charge is 0.186 e. The highest BCUT2D eigenvalue weighted by Gasteiger charge is 2.55. The van der Waals surface area contributed by atoms with Crippen molar-refractivity contribution in [2.75, 3.05) is 13.7 Å². The summed E-state index contributed by atoms with van der Waals surface area (Å²) in [6.45, 7) is 4.91. The Bertz CT molecular complexity index is 720. The van der Waals surface area contributed by atoms with Gasteiger partial charge in [-0.05, 0) is 17.5 Å². The molecule has 150 valence electrons. The third-order valence-electron chi connectivity index (χ3n) is 4.91. The molecule has 0 aromatic heterocycles. The van der Waals surface area contributed by atoms with E-state index in [1.165, 1.54) is 7.11 Å². The molecule has 5 nitrogen and oxygen atoms in total. The predicted octanol–water partition coefficient (Wildman–Crippen LogP) is 3.47. The van der Waals surface area contributed by atoms with Gasteiger partial charge in [-0.15, -0.1) is 6.58 Å². The van der Waals surface area contributed by atoms with Gasteiger partial charge in [-0.1, -0.05) is 66.7 Å². The van der Waals surface area contributed by atoms with Gasteiger partial charge in [0, 0.05) is 7.11 Å². The van der Waals surface area contributed by atoms with Crippen LogP contribution in [-0.2, 0) is 32.2 Å². The minimum Gasteiger partial charge on any atom is -0.385 e. The van der Waals surface area contributed by atoms with Crippen molar-refractivity contribution in [3.8, 4) is 0 Å².